The Morgan fingerprint density at radius 1 is 0.722 bits per heavy atom. The average molecular weight is 726 g/mol. The molecule has 0 bridgehead atoms. The molecule has 0 unspecified atom stereocenters. The van der Waals surface area contributed by atoms with Gasteiger partial charge in [-0.15, -0.1) is 0 Å². The molecule has 5 aliphatic rings. The summed E-state index contributed by atoms with van der Waals surface area (Å²) in [5, 5.41) is 12.5. The molecule has 4 aromatic rings. The summed E-state index contributed by atoms with van der Waals surface area (Å²) in [6, 6.07) is 30.7. The fraction of sp³-hybridized carbons (Fsp3) is 0.386. The predicted molar refractivity (Wildman–Crippen MR) is 206 cm³/mol. The molecule has 54 heavy (non-hydrogen) atoms. The number of fused-ring (bicyclic) bond motifs is 2. The van der Waals surface area contributed by atoms with E-state index in [1.54, 1.807) is 11.0 Å². The number of piperidine rings is 2. The summed E-state index contributed by atoms with van der Waals surface area (Å²) >= 11 is 0. The Kier molecular flexibility index (Phi) is 9.32. The molecular weight excluding hydrogens is 679 g/mol. The van der Waals surface area contributed by atoms with Crippen LogP contribution >= 0.6 is 0 Å². The van der Waals surface area contributed by atoms with Crippen LogP contribution in [0.3, 0.4) is 0 Å². The maximum absolute atomic E-state index is 13.1. The van der Waals surface area contributed by atoms with E-state index < -0.39 is 6.04 Å². The number of nitrogens with zero attached hydrogens (tertiary/aromatic N) is 4. The van der Waals surface area contributed by atoms with Crippen LogP contribution < -0.4 is 15.1 Å². The molecule has 0 spiro atoms. The second kappa shape index (κ2) is 14.6. The number of piperazine rings is 1. The van der Waals surface area contributed by atoms with Gasteiger partial charge in [0.2, 0.25) is 11.8 Å². The molecule has 5 aliphatic heterocycles. The molecule has 9 rings (SSSR count). The molecule has 3 amide bonds. The molecule has 0 aliphatic carbocycles. The molecule has 4 aromatic carbocycles. The van der Waals surface area contributed by atoms with E-state index in [2.05, 4.69) is 80.7 Å². The third kappa shape index (κ3) is 6.73. The Hall–Kier alpha value is -5.19. The van der Waals surface area contributed by atoms with Gasteiger partial charge in [-0.2, -0.15) is 0 Å². The van der Waals surface area contributed by atoms with Crippen molar-refractivity contribution < 1.29 is 24.2 Å². The van der Waals surface area contributed by atoms with Crippen LogP contribution in [0.5, 0.6) is 5.75 Å². The number of rotatable bonds is 7. The van der Waals surface area contributed by atoms with Crippen LogP contribution in [0.1, 0.15) is 75.9 Å². The number of phenolic OH excluding ortho intramolecular Hbond substituents is 1. The number of anilines is 2. The van der Waals surface area contributed by atoms with Crippen molar-refractivity contribution in [3.05, 3.63) is 124 Å². The zero-order chi connectivity index (χ0) is 36.8. The summed E-state index contributed by atoms with van der Waals surface area (Å²) in [6.45, 7) is 8.02. The maximum atomic E-state index is 13.1. The third-order valence-corrected chi connectivity index (χ3v) is 12.3. The normalized spacial score (nSPS) is 23.7. The summed E-state index contributed by atoms with van der Waals surface area (Å²) in [5.41, 5.74) is 8.64. The Labute approximate surface area is 316 Å². The van der Waals surface area contributed by atoms with Crippen LogP contribution in [-0.4, -0.2) is 84.5 Å². The minimum Gasteiger partial charge on any atom is -0.508 e. The van der Waals surface area contributed by atoms with Crippen LogP contribution in [0.25, 0.3) is 0 Å². The highest BCUT2D eigenvalue weighted by molar-refractivity contribution is 6.05. The van der Waals surface area contributed by atoms with Gasteiger partial charge in [0.25, 0.3) is 5.91 Å². The van der Waals surface area contributed by atoms with E-state index in [1.807, 2.05) is 24.3 Å². The minimum absolute atomic E-state index is 0.0410. The molecule has 3 fully saturated rings. The van der Waals surface area contributed by atoms with Gasteiger partial charge in [-0.25, -0.2) is 0 Å². The van der Waals surface area contributed by atoms with Crippen molar-refractivity contribution in [3.63, 3.8) is 0 Å². The second-order valence-electron chi connectivity index (χ2n) is 15.6. The van der Waals surface area contributed by atoms with E-state index in [1.165, 1.54) is 29.7 Å². The van der Waals surface area contributed by atoms with E-state index >= 15 is 0 Å². The number of amides is 3. The van der Waals surface area contributed by atoms with Crippen molar-refractivity contribution in [2.24, 2.45) is 5.92 Å². The number of hydrogen-bond acceptors (Lipinski definition) is 8. The Morgan fingerprint density at radius 3 is 2.22 bits per heavy atom. The van der Waals surface area contributed by atoms with Crippen LogP contribution in [0.15, 0.2) is 91.0 Å². The van der Waals surface area contributed by atoms with E-state index in [0.717, 1.165) is 68.2 Å². The Bertz CT molecular complexity index is 2040. The monoisotopic (exact) mass is 725 g/mol. The zero-order valence-electron chi connectivity index (χ0n) is 30.5. The lowest BCUT2D eigenvalue weighted by atomic mass is 9.79. The molecule has 0 radical (unpaired) electrons. The fourth-order valence-electron chi connectivity index (χ4n) is 9.32. The lowest BCUT2D eigenvalue weighted by Crippen LogP contribution is -2.52. The number of carbonyl (C=O) groups excluding carboxylic acids is 3. The topological polar surface area (TPSA) is 106 Å². The molecule has 0 aromatic heterocycles. The van der Waals surface area contributed by atoms with Crippen LogP contribution in [0.2, 0.25) is 0 Å². The van der Waals surface area contributed by atoms with E-state index in [0.29, 0.717) is 31.1 Å². The quantitative estimate of drug-likeness (QED) is 0.238. The molecule has 3 saturated heterocycles. The molecule has 3 atom stereocenters. The number of imide groups is 1. The molecule has 278 valence electrons. The highest BCUT2D eigenvalue weighted by atomic mass is 16.5. The van der Waals surface area contributed by atoms with Gasteiger partial charge < -0.3 is 24.5 Å². The fourth-order valence-corrected chi connectivity index (χ4v) is 9.32. The van der Waals surface area contributed by atoms with Gasteiger partial charge in [-0.1, -0.05) is 48.5 Å². The maximum Gasteiger partial charge on any atom is 0.255 e. The van der Waals surface area contributed by atoms with Crippen molar-refractivity contribution in [1.82, 2.24) is 15.1 Å². The van der Waals surface area contributed by atoms with Gasteiger partial charge in [-0.05, 0) is 95.5 Å². The number of carbonyl (C=O) groups is 3. The van der Waals surface area contributed by atoms with Gasteiger partial charge >= 0.3 is 0 Å². The summed E-state index contributed by atoms with van der Waals surface area (Å²) in [6.07, 6.45) is 2.89. The molecule has 5 heterocycles. The standard InChI is InChI=1S/C44H47N5O5/c50-36-11-13-37-33(25-36)28-54-42(31-4-2-1-3-5-31)41(37)30-6-8-34(9-7-30)47-18-16-29(17-19-47)26-46-20-22-48(23-21-46)35-10-12-38-32(24-35)27-49(44(38)53)39-14-15-40(51)45-43(39)52/h1-13,24-25,29,39,41-42,50H,14-23,26-28H2,(H,45,51,52)/t39-,41+,42+/m0/s1. The van der Waals surface area contributed by atoms with E-state index in [4.69, 9.17) is 4.74 Å². The molecule has 10 nitrogen and oxygen atoms in total. The van der Waals surface area contributed by atoms with Crippen molar-refractivity contribution in [2.45, 2.75) is 56.9 Å². The van der Waals surface area contributed by atoms with Crippen LogP contribution in [0.4, 0.5) is 11.4 Å². The first-order valence-electron chi connectivity index (χ1n) is 19.5. The van der Waals surface area contributed by atoms with Gasteiger partial charge in [-0.3, -0.25) is 24.6 Å². The molecule has 10 heteroatoms. The lowest BCUT2D eigenvalue weighted by molar-refractivity contribution is -0.136. The highest BCUT2D eigenvalue weighted by Gasteiger charge is 2.39. The van der Waals surface area contributed by atoms with Crippen molar-refractivity contribution in [1.29, 1.82) is 0 Å². The summed E-state index contributed by atoms with van der Waals surface area (Å²) in [5.74, 6) is 0.219. The number of phenols is 1. The van der Waals surface area contributed by atoms with Gasteiger partial charge in [0.05, 0.1) is 12.7 Å². The first-order chi connectivity index (χ1) is 26.4. The van der Waals surface area contributed by atoms with Gasteiger partial charge in [0.15, 0.2) is 0 Å². The SMILES string of the molecule is O=C1CC[C@H](N2Cc3cc(N4CCN(CC5CCN(c6ccc([C@@H]7c8ccc(O)cc8CO[C@@H]7c7ccccc7)cc6)CC5)CC4)ccc3C2=O)C(=O)N1. The number of ether oxygens (including phenoxy) is 1. The smallest absolute Gasteiger partial charge is 0.255 e. The number of hydrogen-bond donors (Lipinski definition) is 2. The van der Waals surface area contributed by atoms with Gasteiger partial charge in [0, 0.05) is 81.6 Å². The number of nitrogens with one attached hydrogen (secondary N) is 1. The molecule has 2 N–H and O–H groups in total. The third-order valence-electron chi connectivity index (χ3n) is 12.3. The number of aromatic hydroxyl groups is 1. The average Bonchev–Trinajstić information content (AvgIpc) is 3.53. The lowest BCUT2D eigenvalue weighted by Gasteiger charge is -2.40. The Balaban J connectivity index is 0.780. The van der Waals surface area contributed by atoms with E-state index in [9.17, 15) is 19.5 Å². The van der Waals surface area contributed by atoms with Crippen molar-refractivity contribution >= 4 is 29.1 Å². The molecule has 0 saturated carbocycles. The van der Waals surface area contributed by atoms with Crippen LogP contribution in [0, 0.1) is 5.92 Å². The minimum atomic E-state index is -0.589. The zero-order valence-corrected chi connectivity index (χ0v) is 30.5. The van der Waals surface area contributed by atoms with Gasteiger partial charge in [0.1, 0.15) is 11.8 Å². The number of benzene rings is 4. The Morgan fingerprint density at radius 2 is 1.46 bits per heavy atom. The molecular formula is C44H47N5O5. The first kappa shape index (κ1) is 34.6. The highest BCUT2D eigenvalue weighted by Crippen LogP contribution is 2.46. The van der Waals surface area contributed by atoms with E-state index in [-0.39, 0.29) is 41.9 Å². The summed E-state index contributed by atoms with van der Waals surface area (Å²) < 4.78 is 6.45. The summed E-state index contributed by atoms with van der Waals surface area (Å²) in [7, 11) is 0. The van der Waals surface area contributed by atoms with Crippen molar-refractivity contribution in [3.8, 4) is 5.75 Å². The second-order valence-corrected chi connectivity index (χ2v) is 15.6. The predicted octanol–water partition coefficient (Wildman–Crippen LogP) is 5.60. The van der Waals surface area contributed by atoms with Crippen LogP contribution in [-0.2, 0) is 27.5 Å². The first-order valence-corrected chi connectivity index (χ1v) is 19.5. The van der Waals surface area contributed by atoms with Crippen molar-refractivity contribution in [2.75, 3.05) is 55.6 Å². The summed E-state index contributed by atoms with van der Waals surface area (Å²) in [4.78, 5) is 46.4. The largest absolute Gasteiger partial charge is 0.508 e.